The molecule has 2 aromatic heterocycles. The van der Waals surface area contributed by atoms with Gasteiger partial charge < -0.3 is 4.74 Å². The highest BCUT2D eigenvalue weighted by Crippen LogP contribution is 2.24. The molecule has 0 bridgehead atoms. The van der Waals surface area contributed by atoms with E-state index in [1.165, 1.54) is 31.3 Å². The highest BCUT2D eigenvalue weighted by atomic mass is 32.2. The smallest absolute Gasteiger partial charge is 0.358 e. The van der Waals surface area contributed by atoms with Crippen LogP contribution in [0, 0.1) is 13.8 Å². The molecule has 0 N–H and O–H groups in total. The van der Waals surface area contributed by atoms with Crippen LogP contribution in [0.5, 0.6) is 0 Å². The number of hydrogen-bond donors (Lipinski definition) is 0. The molecule has 0 fully saturated rings. The first-order valence-electron chi connectivity index (χ1n) is 5.62. The van der Waals surface area contributed by atoms with Gasteiger partial charge in [-0.3, -0.25) is 0 Å². The van der Waals surface area contributed by atoms with Crippen molar-refractivity contribution in [1.29, 1.82) is 0 Å². The predicted molar refractivity (Wildman–Crippen MR) is 71.2 cm³/mol. The molecule has 0 unspecified atom stereocenters. The second-order valence-corrected chi connectivity index (χ2v) is 5.00. The fourth-order valence-electron chi connectivity index (χ4n) is 1.54. The van der Waals surface area contributed by atoms with Crippen molar-refractivity contribution in [3.05, 3.63) is 41.5 Å². The molecule has 0 radical (unpaired) electrons. The first-order chi connectivity index (χ1) is 9.08. The summed E-state index contributed by atoms with van der Waals surface area (Å²) in [6.07, 6.45) is 2.94. The van der Waals surface area contributed by atoms with Crippen molar-refractivity contribution in [2.75, 3.05) is 7.11 Å². The van der Waals surface area contributed by atoms with E-state index in [9.17, 15) is 4.79 Å². The molecule has 2 rings (SSSR count). The molecule has 0 aliphatic rings. The van der Waals surface area contributed by atoms with Gasteiger partial charge in [0.25, 0.3) is 0 Å². The summed E-state index contributed by atoms with van der Waals surface area (Å²) in [5, 5.41) is 1.54. The van der Waals surface area contributed by atoms with Crippen molar-refractivity contribution in [2.24, 2.45) is 0 Å². The number of rotatable bonds is 3. The zero-order chi connectivity index (χ0) is 13.8. The molecule has 0 aliphatic heterocycles. The molecule has 0 aliphatic carbocycles. The Bertz CT molecular complexity index is 579. The molecule has 0 saturated heterocycles. The van der Waals surface area contributed by atoms with Gasteiger partial charge in [0.05, 0.1) is 19.5 Å². The van der Waals surface area contributed by atoms with E-state index in [-0.39, 0.29) is 5.69 Å². The van der Waals surface area contributed by atoms with E-state index in [4.69, 9.17) is 0 Å². The van der Waals surface area contributed by atoms with Crippen LogP contribution in [-0.4, -0.2) is 28.0 Å². The maximum Gasteiger partial charge on any atom is 0.358 e. The van der Waals surface area contributed by atoms with E-state index >= 15 is 0 Å². The highest BCUT2D eigenvalue weighted by Gasteiger charge is 2.08. The molecular formula is C13H13N3O2S. The van der Waals surface area contributed by atoms with Crippen LogP contribution < -0.4 is 0 Å². The van der Waals surface area contributed by atoms with E-state index in [0.717, 1.165) is 16.3 Å². The van der Waals surface area contributed by atoms with Gasteiger partial charge in [-0.2, -0.15) is 0 Å². The van der Waals surface area contributed by atoms with Crippen molar-refractivity contribution in [2.45, 2.75) is 23.9 Å². The minimum absolute atomic E-state index is 0.195. The summed E-state index contributed by atoms with van der Waals surface area (Å²) < 4.78 is 4.57. The van der Waals surface area contributed by atoms with Gasteiger partial charge in [0.1, 0.15) is 10.1 Å². The van der Waals surface area contributed by atoms with Crippen molar-refractivity contribution < 1.29 is 9.53 Å². The molecular weight excluding hydrogens is 262 g/mol. The Balaban J connectivity index is 2.17. The third-order valence-corrected chi connectivity index (χ3v) is 3.14. The second-order valence-electron chi connectivity index (χ2n) is 3.96. The lowest BCUT2D eigenvalue weighted by atomic mass is 10.3. The molecule has 0 amide bonds. The monoisotopic (exact) mass is 275 g/mol. The summed E-state index contributed by atoms with van der Waals surface area (Å²) >= 11 is 1.41. The standard InChI is InChI=1S/C13H13N3O2S/c1-8-4-9(2)16-11(5-8)19-12-7-14-10(6-15-12)13(17)18-3/h4-7H,1-3H3. The van der Waals surface area contributed by atoms with Crippen LogP contribution in [0.15, 0.2) is 34.6 Å². The average molecular weight is 275 g/mol. The fourth-order valence-corrected chi connectivity index (χ4v) is 2.40. The van der Waals surface area contributed by atoms with Crippen molar-refractivity contribution in [3.63, 3.8) is 0 Å². The molecule has 6 heteroatoms. The van der Waals surface area contributed by atoms with Crippen LogP contribution in [0.1, 0.15) is 21.7 Å². The number of ether oxygens (including phenoxy) is 1. The Kier molecular flexibility index (Phi) is 4.11. The van der Waals surface area contributed by atoms with E-state index < -0.39 is 5.97 Å². The van der Waals surface area contributed by atoms with E-state index in [1.54, 1.807) is 0 Å². The Labute approximate surface area is 115 Å². The summed E-state index contributed by atoms with van der Waals surface area (Å²) in [6, 6.07) is 3.99. The summed E-state index contributed by atoms with van der Waals surface area (Å²) in [4.78, 5) is 23.8. The number of carbonyl (C=O) groups is 1. The Morgan fingerprint density at radius 2 is 1.95 bits per heavy atom. The maximum absolute atomic E-state index is 11.2. The van der Waals surface area contributed by atoms with Crippen LogP contribution in [-0.2, 0) is 4.74 Å². The number of aromatic nitrogens is 3. The van der Waals surface area contributed by atoms with Crippen molar-refractivity contribution in [1.82, 2.24) is 15.0 Å². The summed E-state index contributed by atoms with van der Waals surface area (Å²) in [6.45, 7) is 3.97. The molecule has 5 nitrogen and oxygen atoms in total. The maximum atomic E-state index is 11.2. The van der Waals surface area contributed by atoms with Crippen LogP contribution in [0.4, 0.5) is 0 Å². The minimum Gasteiger partial charge on any atom is -0.464 e. The molecule has 0 spiro atoms. The zero-order valence-electron chi connectivity index (χ0n) is 10.9. The van der Waals surface area contributed by atoms with Crippen LogP contribution in [0.3, 0.4) is 0 Å². The normalized spacial score (nSPS) is 10.3. The lowest BCUT2D eigenvalue weighted by Gasteiger charge is -2.03. The number of pyridine rings is 1. The molecule has 0 atom stereocenters. The minimum atomic E-state index is -0.492. The zero-order valence-corrected chi connectivity index (χ0v) is 11.7. The van der Waals surface area contributed by atoms with Crippen molar-refractivity contribution >= 4 is 17.7 Å². The van der Waals surface area contributed by atoms with Gasteiger partial charge in [-0.25, -0.2) is 19.7 Å². The first kappa shape index (κ1) is 13.5. The number of methoxy groups -OCH3 is 1. The lowest BCUT2D eigenvalue weighted by Crippen LogP contribution is -2.04. The van der Waals surface area contributed by atoms with Crippen LogP contribution in [0.25, 0.3) is 0 Å². The summed E-state index contributed by atoms with van der Waals surface area (Å²) in [5.74, 6) is -0.492. The number of carbonyl (C=O) groups excluding carboxylic acids is 1. The molecule has 19 heavy (non-hydrogen) atoms. The SMILES string of the molecule is COC(=O)c1cnc(Sc2cc(C)cc(C)n2)cn1. The van der Waals surface area contributed by atoms with Gasteiger partial charge in [0.15, 0.2) is 5.69 Å². The van der Waals surface area contributed by atoms with E-state index in [1.807, 2.05) is 26.0 Å². The Morgan fingerprint density at radius 1 is 1.16 bits per heavy atom. The van der Waals surface area contributed by atoms with Gasteiger partial charge in [-0.05, 0) is 43.3 Å². The number of hydrogen-bond acceptors (Lipinski definition) is 6. The first-order valence-corrected chi connectivity index (χ1v) is 6.43. The lowest BCUT2D eigenvalue weighted by molar-refractivity contribution is 0.0593. The summed E-state index contributed by atoms with van der Waals surface area (Å²) in [5.41, 5.74) is 2.30. The molecule has 2 aromatic rings. The van der Waals surface area contributed by atoms with Gasteiger partial charge >= 0.3 is 5.97 Å². The van der Waals surface area contributed by atoms with Gasteiger partial charge in [0, 0.05) is 5.69 Å². The largest absolute Gasteiger partial charge is 0.464 e. The van der Waals surface area contributed by atoms with E-state index in [2.05, 4.69) is 19.7 Å². The van der Waals surface area contributed by atoms with Gasteiger partial charge in [0.2, 0.25) is 0 Å². The molecule has 98 valence electrons. The van der Waals surface area contributed by atoms with Crippen LogP contribution >= 0.6 is 11.8 Å². The number of esters is 1. The van der Waals surface area contributed by atoms with Crippen LogP contribution in [0.2, 0.25) is 0 Å². The number of aryl methyl sites for hydroxylation is 2. The number of nitrogens with zero attached hydrogens (tertiary/aromatic N) is 3. The third kappa shape index (κ3) is 3.51. The van der Waals surface area contributed by atoms with Gasteiger partial charge in [-0.15, -0.1) is 0 Å². The molecule has 0 aromatic carbocycles. The quantitative estimate of drug-likeness (QED) is 0.802. The Hall–Kier alpha value is -1.95. The van der Waals surface area contributed by atoms with Gasteiger partial charge in [-0.1, -0.05) is 0 Å². The fraction of sp³-hybridized carbons (Fsp3) is 0.231. The second kappa shape index (κ2) is 5.79. The molecule has 0 saturated carbocycles. The Morgan fingerprint density at radius 3 is 2.53 bits per heavy atom. The highest BCUT2D eigenvalue weighted by molar-refractivity contribution is 7.99. The molecule has 2 heterocycles. The predicted octanol–water partition coefficient (Wildman–Crippen LogP) is 2.43. The third-order valence-electron chi connectivity index (χ3n) is 2.31. The van der Waals surface area contributed by atoms with Crippen molar-refractivity contribution in [3.8, 4) is 0 Å². The summed E-state index contributed by atoms with van der Waals surface area (Å²) in [7, 11) is 1.31. The van der Waals surface area contributed by atoms with E-state index in [0.29, 0.717) is 5.03 Å². The topological polar surface area (TPSA) is 65.0 Å². The average Bonchev–Trinajstić information content (AvgIpc) is 2.37.